The van der Waals surface area contributed by atoms with Gasteiger partial charge < -0.3 is 16.0 Å². The van der Waals surface area contributed by atoms with E-state index in [1.165, 1.54) is 30.3 Å². The van der Waals surface area contributed by atoms with Crippen LogP contribution in [0.3, 0.4) is 0 Å². The monoisotopic (exact) mass is 391 g/mol. The quantitative estimate of drug-likeness (QED) is 0.744. The highest BCUT2D eigenvalue weighted by Gasteiger charge is 2.28. The number of benzene rings is 2. The molecule has 142 valence electrons. The van der Waals surface area contributed by atoms with Crippen LogP contribution in [0.5, 0.6) is 0 Å². The van der Waals surface area contributed by atoms with Gasteiger partial charge in [0.25, 0.3) is 5.91 Å². The number of hydrogen-bond donors (Lipinski definition) is 3. The molecule has 0 bridgehead atoms. The summed E-state index contributed by atoms with van der Waals surface area (Å²) in [6, 6.07) is 10.7. The first-order valence-electron chi connectivity index (χ1n) is 8.26. The molecule has 0 spiro atoms. The lowest BCUT2D eigenvalue weighted by atomic mass is 10.2. The van der Waals surface area contributed by atoms with Gasteiger partial charge in [0.05, 0.1) is 11.5 Å². The van der Waals surface area contributed by atoms with E-state index in [-0.39, 0.29) is 11.5 Å². The molecule has 0 aliphatic carbocycles. The lowest BCUT2D eigenvalue weighted by Crippen LogP contribution is -2.38. The fourth-order valence-corrected chi connectivity index (χ4v) is 4.41. The Labute approximate surface area is 155 Å². The molecular formula is C18H18FN3O4S. The van der Waals surface area contributed by atoms with E-state index in [2.05, 4.69) is 16.0 Å². The molecule has 1 saturated heterocycles. The molecule has 9 heteroatoms. The van der Waals surface area contributed by atoms with Crippen molar-refractivity contribution in [1.29, 1.82) is 0 Å². The highest BCUT2D eigenvalue weighted by atomic mass is 32.2. The molecule has 1 heterocycles. The number of carbonyl (C=O) groups is 2. The molecule has 0 saturated carbocycles. The molecule has 1 aliphatic rings. The first-order valence-corrected chi connectivity index (χ1v) is 10.1. The van der Waals surface area contributed by atoms with Gasteiger partial charge in [0.1, 0.15) is 5.82 Å². The Kier molecular flexibility index (Phi) is 5.41. The minimum atomic E-state index is -3.08. The summed E-state index contributed by atoms with van der Waals surface area (Å²) >= 11 is 0. The molecule has 1 fully saturated rings. The molecule has 7 nitrogen and oxygen atoms in total. The molecule has 1 unspecified atom stereocenters. The zero-order chi connectivity index (χ0) is 19.4. The zero-order valence-corrected chi connectivity index (χ0v) is 15.1. The molecule has 3 rings (SSSR count). The van der Waals surface area contributed by atoms with Crippen molar-refractivity contribution in [2.24, 2.45) is 0 Å². The van der Waals surface area contributed by atoms with Crippen LogP contribution < -0.4 is 16.0 Å². The topological polar surface area (TPSA) is 104 Å². The second-order valence-corrected chi connectivity index (χ2v) is 8.47. The fraction of sp³-hybridized carbons (Fsp3) is 0.222. The summed E-state index contributed by atoms with van der Waals surface area (Å²) in [7, 11) is -3.08. The Balaban J connectivity index is 1.60. The van der Waals surface area contributed by atoms with Crippen LogP contribution in [0.25, 0.3) is 0 Å². The van der Waals surface area contributed by atoms with Crippen molar-refractivity contribution >= 4 is 33.2 Å². The SMILES string of the molecule is O=C(Nc1cccc(C(=O)Nc2ccc(F)cc2)c1)NC1CCS(=O)(=O)C1. The average Bonchev–Trinajstić information content (AvgIpc) is 2.95. The van der Waals surface area contributed by atoms with E-state index < -0.39 is 33.6 Å². The molecular weight excluding hydrogens is 373 g/mol. The molecule has 1 aliphatic heterocycles. The number of urea groups is 1. The van der Waals surface area contributed by atoms with E-state index in [1.54, 1.807) is 18.2 Å². The number of sulfone groups is 1. The van der Waals surface area contributed by atoms with Crippen molar-refractivity contribution in [3.05, 3.63) is 59.9 Å². The predicted octanol–water partition coefficient (Wildman–Crippen LogP) is 2.39. The van der Waals surface area contributed by atoms with E-state index in [0.717, 1.165) is 0 Å². The lowest BCUT2D eigenvalue weighted by molar-refractivity contribution is 0.102. The minimum absolute atomic E-state index is 0.0665. The van der Waals surface area contributed by atoms with E-state index in [4.69, 9.17) is 0 Å². The maximum atomic E-state index is 12.9. The second kappa shape index (κ2) is 7.75. The summed E-state index contributed by atoms with van der Waals surface area (Å²) in [6.45, 7) is 0. The van der Waals surface area contributed by atoms with Gasteiger partial charge in [-0.15, -0.1) is 0 Å². The molecule has 27 heavy (non-hydrogen) atoms. The Morgan fingerprint density at radius 2 is 1.74 bits per heavy atom. The number of anilines is 2. The first-order chi connectivity index (χ1) is 12.8. The van der Waals surface area contributed by atoms with Crippen LogP contribution in [0.15, 0.2) is 48.5 Å². The highest BCUT2D eigenvalue weighted by Crippen LogP contribution is 2.15. The molecule has 3 amide bonds. The summed E-state index contributed by atoms with van der Waals surface area (Å²) in [4.78, 5) is 24.3. The third-order valence-corrected chi connectivity index (χ3v) is 5.82. The maximum Gasteiger partial charge on any atom is 0.319 e. The van der Waals surface area contributed by atoms with E-state index in [1.807, 2.05) is 0 Å². The van der Waals surface area contributed by atoms with Crippen LogP contribution in [0.1, 0.15) is 16.8 Å². The second-order valence-electron chi connectivity index (χ2n) is 6.24. The number of rotatable bonds is 4. The van der Waals surface area contributed by atoms with Gasteiger partial charge in [-0.3, -0.25) is 4.79 Å². The van der Waals surface area contributed by atoms with Crippen LogP contribution >= 0.6 is 0 Å². The first kappa shape index (κ1) is 18.8. The Hall–Kier alpha value is -2.94. The number of amides is 3. The lowest BCUT2D eigenvalue weighted by Gasteiger charge is -2.13. The van der Waals surface area contributed by atoms with Gasteiger partial charge in [-0.2, -0.15) is 0 Å². The van der Waals surface area contributed by atoms with Crippen molar-refractivity contribution in [1.82, 2.24) is 5.32 Å². The molecule has 1 atom stereocenters. The molecule has 3 N–H and O–H groups in total. The van der Waals surface area contributed by atoms with Crippen molar-refractivity contribution in [3.8, 4) is 0 Å². The third-order valence-electron chi connectivity index (χ3n) is 4.05. The summed E-state index contributed by atoms with van der Waals surface area (Å²) < 4.78 is 35.8. The number of carbonyl (C=O) groups excluding carboxylic acids is 2. The molecule has 2 aromatic carbocycles. The van der Waals surface area contributed by atoms with Crippen LogP contribution in [0.4, 0.5) is 20.6 Å². The number of nitrogens with one attached hydrogen (secondary N) is 3. The van der Waals surface area contributed by atoms with Gasteiger partial charge in [0.2, 0.25) is 0 Å². The number of halogens is 1. The van der Waals surface area contributed by atoms with Crippen LogP contribution in [0.2, 0.25) is 0 Å². The molecule has 2 aromatic rings. The largest absolute Gasteiger partial charge is 0.334 e. The van der Waals surface area contributed by atoms with E-state index in [0.29, 0.717) is 23.4 Å². The Morgan fingerprint density at radius 1 is 1.00 bits per heavy atom. The summed E-state index contributed by atoms with van der Waals surface area (Å²) in [5, 5.41) is 7.83. The Bertz CT molecular complexity index is 961. The maximum absolute atomic E-state index is 12.9. The van der Waals surface area contributed by atoms with Gasteiger partial charge >= 0.3 is 6.03 Å². The van der Waals surface area contributed by atoms with Gasteiger partial charge in [-0.05, 0) is 48.9 Å². The average molecular weight is 391 g/mol. The number of hydrogen-bond acceptors (Lipinski definition) is 4. The van der Waals surface area contributed by atoms with Crippen LogP contribution in [0, 0.1) is 5.82 Å². The molecule has 0 aromatic heterocycles. The normalized spacial score (nSPS) is 17.9. The third kappa shape index (κ3) is 5.27. The zero-order valence-electron chi connectivity index (χ0n) is 14.2. The van der Waals surface area contributed by atoms with Crippen LogP contribution in [-0.2, 0) is 9.84 Å². The van der Waals surface area contributed by atoms with Crippen LogP contribution in [-0.4, -0.2) is 37.9 Å². The van der Waals surface area contributed by atoms with E-state index in [9.17, 15) is 22.4 Å². The van der Waals surface area contributed by atoms with Gasteiger partial charge in [0.15, 0.2) is 9.84 Å². The summed E-state index contributed by atoms with van der Waals surface area (Å²) in [5.74, 6) is -0.815. The van der Waals surface area contributed by atoms with E-state index >= 15 is 0 Å². The van der Waals surface area contributed by atoms with Gasteiger partial charge in [-0.1, -0.05) is 6.07 Å². The van der Waals surface area contributed by atoms with Crippen molar-refractivity contribution in [2.45, 2.75) is 12.5 Å². The van der Waals surface area contributed by atoms with Gasteiger partial charge in [0, 0.05) is 23.0 Å². The Morgan fingerprint density at radius 3 is 2.41 bits per heavy atom. The van der Waals surface area contributed by atoms with Crippen molar-refractivity contribution in [2.75, 3.05) is 22.1 Å². The van der Waals surface area contributed by atoms with Gasteiger partial charge in [-0.25, -0.2) is 17.6 Å². The summed E-state index contributed by atoms with van der Waals surface area (Å²) in [6.07, 6.45) is 0.385. The predicted molar refractivity (Wildman–Crippen MR) is 100 cm³/mol. The molecule has 0 radical (unpaired) electrons. The highest BCUT2D eigenvalue weighted by molar-refractivity contribution is 7.91. The smallest absolute Gasteiger partial charge is 0.319 e. The van der Waals surface area contributed by atoms with Crippen molar-refractivity contribution in [3.63, 3.8) is 0 Å². The van der Waals surface area contributed by atoms with Crippen molar-refractivity contribution < 1.29 is 22.4 Å². The summed E-state index contributed by atoms with van der Waals surface area (Å²) in [5.41, 5.74) is 1.14. The minimum Gasteiger partial charge on any atom is -0.334 e. The fourth-order valence-electron chi connectivity index (χ4n) is 2.74. The standard InChI is InChI=1S/C18H18FN3O4S/c19-13-4-6-14(7-5-13)20-17(23)12-2-1-3-15(10-12)21-18(24)22-16-8-9-27(25,26)11-16/h1-7,10,16H,8-9,11H2,(H,20,23)(H2,21,22,24).